The first-order valence-corrected chi connectivity index (χ1v) is 5.53. The first-order valence-electron chi connectivity index (χ1n) is 5.53. The van der Waals surface area contributed by atoms with E-state index in [-0.39, 0.29) is 5.91 Å². The van der Waals surface area contributed by atoms with E-state index >= 15 is 0 Å². The summed E-state index contributed by atoms with van der Waals surface area (Å²) in [6, 6.07) is 7.53. The number of benzene rings is 1. The predicted molar refractivity (Wildman–Crippen MR) is 64.7 cm³/mol. The van der Waals surface area contributed by atoms with Crippen molar-refractivity contribution in [1.29, 1.82) is 0 Å². The number of carbonyl (C=O) groups is 1. The van der Waals surface area contributed by atoms with Crippen LogP contribution in [-0.2, 0) is 6.54 Å². The summed E-state index contributed by atoms with van der Waals surface area (Å²) in [6.45, 7) is 7.12. The summed E-state index contributed by atoms with van der Waals surface area (Å²) in [5.41, 5.74) is 3.87. The van der Waals surface area contributed by atoms with Crippen molar-refractivity contribution in [3.8, 4) is 0 Å². The van der Waals surface area contributed by atoms with Crippen molar-refractivity contribution in [3.05, 3.63) is 35.4 Å². The molecule has 1 rings (SSSR count). The van der Waals surface area contributed by atoms with Crippen molar-refractivity contribution >= 4 is 5.91 Å². The van der Waals surface area contributed by atoms with Gasteiger partial charge in [-0.05, 0) is 30.8 Å². The smallest absolute Gasteiger partial charge is 0.265 e. The highest BCUT2D eigenvalue weighted by Crippen LogP contribution is 2.08. The molecule has 0 unspecified atom stereocenters. The van der Waals surface area contributed by atoms with Crippen LogP contribution < -0.4 is 11.3 Å². The van der Waals surface area contributed by atoms with Gasteiger partial charge in [-0.1, -0.05) is 26.0 Å². The van der Waals surface area contributed by atoms with E-state index < -0.39 is 0 Å². The largest absolute Gasteiger partial charge is 0.300 e. The monoisotopic (exact) mass is 221 g/mol. The molecule has 0 bridgehead atoms. The van der Waals surface area contributed by atoms with Crippen molar-refractivity contribution < 1.29 is 4.79 Å². The van der Waals surface area contributed by atoms with E-state index in [1.165, 1.54) is 0 Å². The van der Waals surface area contributed by atoms with E-state index in [1.54, 1.807) is 6.07 Å². The van der Waals surface area contributed by atoms with Crippen LogP contribution >= 0.6 is 0 Å². The van der Waals surface area contributed by atoms with Crippen LogP contribution in [0.5, 0.6) is 0 Å². The van der Waals surface area contributed by atoms with Crippen molar-refractivity contribution in [2.75, 3.05) is 13.1 Å². The second kappa shape index (κ2) is 6.25. The second-order valence-electron chi connectivity index (χ2n) is 3.64. The topological polar surface area (TPSA) is 58.4 Å². The van der Waals surface area contributed by atoms with Gasteiger partial charge in [0.15, 0.2) is 0 Å². The minimum atomic E-state index is -0.249. The van der Waals surface area contributed by atoms with Crippen LogP contribution in [0.2, 0.25) is 0 Å². The third-order valence-corrected chi connectivity index (χ3v) is 2.62. The Bertz CT molecular complexity index is 348. The Morgan fingerprint density at radius 2 is 2.06 bits per heavy atom. The number of nitrogens with one attached hydrogen (secondary N) is 1. The van der Waals surface area contributed by atoms with Crippen LogP contribution in [-0.4, -0.2) is 23.9 Å². The highest BCUT2D eigenvalue weighted by molar-refractivity contribution is 5.93. The summed E-state index contributed by atoms with van der Waals surface area (Å²) in [4.78, 5) is 13.6. The molecule has 1 aromatic carbocycles. The van der Waals surface area contributed by atoms with Gasteiger partial charge in [0.2, 0.25) is 0 Å². The Hall–Kier alpha value is -1.39. The van der Waals surface area contributed by atoms with E-state index in [1.807, 2.05) is 18.2 Å². The third-order valence-electron chi connectivity index (χ3n) is 2.62. The van der Waals surface area contributed by atoms with Gasteiger partial charge in [0.1, 0.15) is 0 Å². The first kappa shape index (κ1) is 12.7. The number of nitrogens with zero attached hydrogens (tertiary/aromatic N) is 1. The molecule has 0 aliphatic carbocycles. The van der Waals surface area contributed by atoms with E-state index in [9.17, 15) is 4.79 Å². The molecule has 0 radical (unpaired) electrons. The lowest BCUT2D eigenvalue weighted by Gasteiger charge is -2.18. The summed E-state index contributed by atoms with van der Waals surface area (Å²) in [7, 11) is 0. The van der Waals surface area contributed by atoms with Crippen LogP contribution in [0, 0.1) is 0 Å². The lowest BCUT2D eigenvalue weighted by Crippen LogP contribution is -2.30. The molecule has 4 nitrogen and oxygen atoms in total. The minimum Gasteiger partial charge on any atom is -0.300 e. The molecule has 0 aromatic heterocycles. The molecule has 1 aromatic rings. The Labute approximate surface area is 96.4 Å². The van der Waals surface area contributed by atoms with Gasteiger partial charge in [-0.25, -0.2) is 5.84 Å². The summed E-state index contributed by atoms with van der Waals surface area (Å²) in [5, 5.41) is 0. The Morgan fingerprint density at radius 1 is 1.38 bits per heavy atom. The Morgan fingerprint density at radius 3 is 2.62 bits per heavy atom. The third kappa shape index (κ3) is 3.32. The summed E-state index contributed by atoms with van der Waals surface area (Å²) in [5.74, 6) is 4.85. The number of carbonyl (C=O) groups excluding carboxylic acids is 1. The lowest BCUT2D eigenvalue weighted by molar-refractivity contribution is 0.0953. The normalized spacial score (nSPS) is 10.5. The molecule has 0 saturated carbocycles. The molecule has 0 aliphatic heterocycles. The SMILES string of the molecule is CCN(CC)Cc1cccc(C(=O)NN)c1. The van der Waals surface area contributed by atoms with Gasteiger partial charge in [0.25, 0.3) is 5.91 Å². The van der Waals surface area contributed by atoms with Gasteiger partial charge >= 0.3 is 0 Å². The van der Waals surface area contributed by atoms with Crippen LogP contribution in [0.1, 0.15) is 29.8 Å². The van der Waals surface area contributed by atoms with Crippen molar-refractivity contribution in [2.24, 2.45) is 5.84 Å². The molecule has 3 N–H and O–H groups in total. The zero-order chi connectivity index (χ0) is 12.0. The molecule has 1 amide bonds. The molecule has 16 heavy (non-hydrogen) atoms. The van der Waals surface area contributed by atoms with Gasteiger partial charge < -0.3 is 0 Å². The molecule has 0 spiro atoms. The maximum absolute atomic E-state index is 11.3. The van der Waals surface area contributed by atoms with E-state index in [0.717, 1.165) is 25.2 Å². The number of nitrogens with two attached hydrogens (primary N) is 1. The van der Waals surface area contributed by atoms with E-state index in [2.05, 4.69) is 24.2 Å². The molecule has 0 fully saturated rings. The standard InChI is InChI=1S/C12H19N3O/c1-3-15(4-2)9-10-6-5-7-11(8-10)12(16)14-13/h5-8H,3-4,9,13H2,1-2H3,(H,14,16). The van der Waals surface area contributed by atoms with Gasteiger partial charge in [-0.3, -0.25) is 15.1 Å². The summed E-state index contributed by atoms with van der Waals surface area (Å²) in [6.07, 6.45) is 0. The fraction of sp³-hybridized carbons (Fsp3) is 0.417. The minimum absolute atomic E-state index is 0.249. The Balaban J connectivity index is 2.78. The predicted octanol–water partition coefficient (Wildman–Crippen LogP) is 1.13. The van der Waals surface area contributed by atoms with Gasteiger partial charge in [-0.2, -0.15) is 0 Å². The van der Waals surface area contributed by atoms with Gasteiger partial charge in [0.05, 0.1) is 0 Å². The number of hydrogen-bond donors (Lipinski definition) is 2. The van der Waals surface area contributed by atoms with Crippen molar-refractivity contribution in [1.82, 2.24) is 10.3 Å². The van der Waals surface area contributed by atoms with Crippen LogP contribution in [0.4, 0.5) is 0 Å². The van der Waals surface area contributed by atoms with Crippen molar-refractivity contribution in [3.63, 3.8) is 0 Å². The molecule has 0 heterocycles. The average molecular weight is 221 g/mol. The number of hydrazine groups is 1. The molecular weight excluding hydrogens is 202 g/mol. The van der Waals surface area contributed by atoms with E-state index in [0.29, 0.717) is 5.56 Å². The average Bonchev–Trinajstić information content (AvgIpc) is 2.35. The van der Waals surface area contributed by atoms with E-state index in [4.69, 9.17) is 5.84 Å². The molecule has 88 valence electrons. The quantitative estimate of drug-likeness (QED) is 0.445. The van der Waals surface area contributed by atoms with Crippen molar-refractivity contribution in [2.45, 2.75) is 20.4 Å². The van der Waals surface area contributed by atoms with Crippen LogP contribution in [0.25, 0.3) is 0 Å². The van der Waals surface area contributed by atoms with Crippen LogP contribution in [0.3, 0.4) is 0 Å². The molecule has 0 aliphatic rings. The molecule has 0 saturated heterocycles. The maximum atomic E-state index is 11.3. The zero-order valence-electron chi connectivity index (χ0n) is 9.86. The number of nitrogen functional groups attached to an aromatic ring is 1. The zero-order valence-corrected chi connectivity index (χ0v) is 9.86. The highest BCUT2D eigenvalue weighted by atomic mass is 16.2. The maximum Gasteiger partial charge on any atom is 0.265 e. The van der Waals surface area contributed by atoms with Gasteiger partial charge in [-0.15, -0.1) is 0 Å². The summed E-state index contributed by atoms with van der Waals surface area (Å²) >= 11 is 0. The fourth-order valence-electron chi connectivity index (χ4n) is 1.60. The number of rotatable bonds is 5. The first-order chi connectivity index (χ1) is 7.71. The molecule has 0 atom stereocenters. The highest BCUT2D eigenvalue weighted by Gasteiger charge is 2.05. The molecule has 4 heteroatoms. The second-order valence-corrected chi connectivity index (χ2v) is 3.64. The lowest BCUT2D eigenvalue weighted by atomic mass is 10.1. The van der Waals surface area contributed by atoms with Gasteiger partial charge in [0, 0.05) is 12.1 Å². The van der Waals surface area contributed by atoms with Crippen LogP contribution in [0.15, 0.2) is 24.3 Å². The number of hydrogen-bond acceptors (Lipinski definition) is 3. The Kier molecular flexibility index (Phi) is 4.95. The summed E-state index contributed by atoms with van der Waals surface area (Å²) < 4.78 is 0. The number of amides is 1. The molecular formula is C12H19N3O. The fourth-order valence-corrected chi connectivity index (χ4v) is 1.60.